The average molecular weight is 186 g/mol. The molecule has 0 saturated heterocycles. The Morgan fingerprint density at radius 3 is 2.18 bits per heavy atom. The zero-order valence-corrected chi connectivity index (χ0v) is 6.71. The second-order valence-corrected chi connectivity index (χ2v) is 3.35. The van der Waals surface area contributed by atoms with Crippen LogP contribution in [0.25, 0.3) is 0 Å². The van der Waals surface area contributed by atoms with Gasteiger partial charge in [-0.1, -0.05) is 0 Å². The van der Waals surface area contributed by atoms with E-state index in [0.717, 1.165) is 0 Å². The molecule has 0 unspecified atom stereocenters. The summed E-state index contributed by atoms with van der Waals surface area (Å²) < 4.78 is 32.5. The summed E-state index contributed by atoms with van der Waals surface area (Å²) in [5.41, 5.74) is 0. The van der Waals surface area contributed by atoms with Crippen LogP contribution >= 0.6 is 0 Å². The Kier molecular flexibility index (Phi) is 3.39. The monoisotopic (exact) mass is 186 g/mol. The Balaban J connectivity index is 4.13. The van der Waals surface area contributed by atoms with Gasteiger partial charge in [0.2, 0.25) is 0 Å². The first-order chi connectivity index (χ1) is 4.77. The smallest absolute Gasteiger partial charge is 0.295 e. The number of ether oxygens (including phenoxy) is 1. The van der Waals surface area contributed by atoms with Gasteiger partial charge in [0.05, 0.1) is 0 Å². The molecule has 0 bridgehead atoms. The molecule has 3 N–H and O–H groups in total. The van der Waals surface area contributed by atoms with Crippen molar-refractivity contribution in [3.8, 4) is 0 Å². The molecule has 0 rings (SSSR count). The Hall–Kier alpha value is -0.210. The third-order valence-corrected chi connectivity index (χ3v) is 1.49. The summed E-state index contributed by atoms with van der Waals surface area (Å²) in [7, 11) is -4.43. The second kappa shape index (κ2) is 3.46. The molecule has 0 aliphatic heterocycles. The minimum absolute atomic E-state index is 0.0669. The summed E-state index contributed by atoms with van der Waals surface area (Å²) in [6, 6.07) is 0. The SMILES string of the molecule is CCOC(O)(O)CS(=O)(=O)O. The first kappa shape index (κ1) is 10.8. The molecule has 0 aliphatic rings. The third-order valence-electron chi connectivity index (χ3n) is 0.746. The lowest BCUT2D eigenvalue weighted by atomic mass is 10.6. The van der Waals surface area contributed by atoms with Gasteiger partial charge in [-0.3, -0.25) is 4.55 Å². The topological polar surface area (TPSA) is 104 Å². The maximum absolute atomic E-state index is 10.1. The van der Waals surface area contributed by atoms with E-state index in [1.165, 1.54) is 6.92 Å². The summed E-state index contributed by atoms with van der Waals surface area (Å²) in [6.07, 6.45) is 0. The molecule has 0 fully saturated rings. The maximum Gasteiger partial charge on any atom is 0.295 e. The average Bonchev–Trinajstić information content (AvgIpc) is 1.55. The fourth-order valence-electron chi connectivity index (χ4n) is 0.510. The molecule has 0 aliphatic carbocycles. The van der Waals surface area contributed by atoms with Crippen molar-refractivity contribution in [3.05, 3.63) is 0 Å². The van der Waals surface area contributed by atoms with Gasteiger partial charge in [0.1, 0.15) is 0 Å². The van der Waals surface area contributed by atoms with Crippen LogP contribution in [0.2, 0.25) is 0 Å². The van der Waals surface area contributed by atoms with E-state index in [9.17, 15) is 8.42 Å². The molecular weight excluding hydrogens is 176 g/mol. The Labute approximate surface area is 64.2 Å². The Morgan fingerprint density at radius 2 is 1.91 bits per heavy atom. The van der Waals surface area contributed by atoms with E-state index in [1.807, 2.05) is 0 Å². The largest absolute Gasteiger partial charge is 0.343 e. The van der Waals surface area contributed by atoms with E-state index in [4.69, 9.17) is 14.8 Å². The van der Waals surface area contributed by atoms with Crippen molar-refractivity contribution in [2.45, 2.75) is 12.9 Å². The molecule has 0 aromatic heterocycles. The quantitative estimate of drug-likeness (QED) is 0.366. The summed E-state index contributed by atoms with van der Waals surface area (Å²) >= 11 is 0. The van der Waals surface area contributed by atoms with Crippen LogP contribution in [0, 0.1) is 0 Å². The van der Waals surface area contributed by atoms with Crippen molar-refractivity contribution < 1.29 is 27.9 Å². The fourth-order valence-corrected chi connectivity index (χ4v) is 1.07. The highest BCUT2D eigenvalue weighted by atomic mass is 32.2. The number of rotatable bonds is 4. The molecule has 0 aromatic rings. The van der Waals surface area contributed by atoms with Crippen molar-refractivity contribution in [2.24, 2.45) is 0 Å². The number of hydrogen-bond acceptors (Lipinski definition) is 5. The lowest BCUT2D eigenvalue weighted by Crippen LogP contribution is -2.39. The summed E-state index contributed by atoms with van der Waals surface area (Å²) in [4.78, 5) is 0. The molecule has 11 heavy (non-hydrogen) atoms. The lowest BCUT2D eigenvalue weighted by molar-refractivity contribution is -0.320. The molecule has 6 nitrogen and oxygen atoms in total. The second-order valence-electron chi connectivity index (χ2n) is 1.90. The first-order valence-corrected chi connectivity index (χ1v) is 4.41. The molecule has 68 valence electrons. The standard InChI is InChI=1S/C4H10O6S/c1-2-10-4(5,6)3-11(7,8)9/h5-6H,2-3H2,1H3,(H,7,8,9). The normalized spacial score (nSPS) is 13.5. The molecular formula is C4H10O6S. The first-order valence-electron chi connectivity index (χ1n) is 2.81. The van der Waals surface area contributed by atoms with E-state index in [0.29, 0.717) is 0 Å². The fraction of sp³-hybridized carbons (Fsp3) is 1.00. The van der Waals surface area contributed by atoms with Gasteiger partial charge in [-0.2, -0.15) is 8.42 Å². The predicted molar refractivity (Wildman–Crippen MR) is 35.2 cm³/mol. The van der Waals surface area contributed by atoms with Gasteiger partial charge in [0.25, 0.3) is 16.1 Å². The van der Waals surface area contributed by atoms with Crippen LogP contribution in [0.15, 0.2) is 0 Å². The van der Waals surface area contributed by atoms with E-state index in [1.54, 1.807) is 0 Å². The van der Waals surface area contributed by atoms with E-state index in [2.05, 4.69) is 4.74 Å². The summed E-state index contributed by atoms with van der Waals surface area (Å²) in [5.74, 6) is -4.06. The van der Waals surface area contributed by atoms with Crippen molar-refractivity contribution in [1.29, 1.82) is 0 Å². The van der Waals surface area contributed by atoms with Gasteiger partial charge >= 0.3 is 0 Å². The molecule has 0 amide bonds. The van der Waals surface area contributed by atoms with Crippen molar-refractivity contribution in [2.75, 3.05) is 12.4 Å². The highest BCUT2D eigenvalue weighted by Gasteiger charge is 2.30. The molecule has 0 atom stereocenters. The Morgan fingerprint density at radius 1 is 1.45 bits per heavy atom. The van der Waals surface area contributed by atoms with Crippen LogP contribution in [0.1, 0.15) is 6.92 Å². The van der Waals surface area contributed by atoms with Gasteiger partial charge in [-0.05, 0) is 6.92 Å². The highest BCUT2D eigenvalue weighted by Crippen LogP contribution is 2.04. The lowest BCUT2D eigenvalue weighted by Gasteiger charge is -2.18. The van der Waals surface area contributed by atoms with Crippen LogP contribution in [0.5, 0.6) is 0 Å². The molecule has 7 heteroatoms. The molecule has 0 spiro atoms. The van der Waals surface area contributed by atoms with Crippen molar-refractivity contribution in [3.63, 3.8) is 0 Å². The summed E-state index contributed by atoms with van der Waals surface area (Å²) in [5, 5.41) is 17.3. The van der Waals surface area contributed by atoms with Gasteiger partial charge < -0.3 is 14.9 Å². The number of aliphatic hydroxyl groups is 2. The van der Waals surface area contributed by atoms with Crippen LogP contribution in [0.3, 0.4) is 0 Å². The van der Waals surface area contributed by atoms with Gasteiger partial charge in [0.15, 0.2) is 5.75 Å². The van der Waals surface area contributed by atoms with Crippen LogP contribution < -0.4 is 0 Å². The van der Waals surface area contributed by atoms with Crippen LogP contribution in [-0.2, 0) is 14.9 Å². The highest BCUT2D eigenvalue weighted by molar-refractivity contribution is 7.85. The molecule has 0 heterocycles. The third kappa shape index (κ3) is 6.20. The molecule has 0 aromatic carbocycles. The zero-order chi connectivity index (χ0) is 9.12. The van der Waals surface area contributed by atoms with Crippen LogP contribution in [0.4, 0.5) is 0 Å². The number of hydrogen-bond donors (Lipinski definition) is 3. The van der Waals surface area contributed by atoms with Gasteiger partial charge in [-0.25, -0.2) is 0 Å². The van der Waals surface area contributed by atoms with Crippen molar-refractivity contribution in [1.82, 2.24) is 0 Å². The van der Waals surface area contributed by atoms with Gasteiger partial charge in [0, 0.05) is 6.61 Å². The van der Waals surface area contributed by atoms with E-state index < -0.39 is 21.8 Å². The minimum atomic E-state index is -4.43. The summed E-state index contributed by atoms with van der Waals surface area (Å²) in [6.45, 7) is 1.38. The van der Waals surface area contributed by atoms with E-state index in [-0.39, 0.29) is 6.61 Å². The predicted octanol–water partition coefficient (Wildman–Crippen LogP) is -1.45. The minimum Gasteiger partial charge on any atom is -0.343 e. The van der Waals surface area contributed by atoms with Gasteiger partial charge in [-0.15, -0.1) is 0 Å². The maximum atomic E-state index is 10.1. The molecule has 0 saturated carbocycles. The van der Waals surface area contributed by atoms with E-state index >= 15 is 0 Å². The Bertz CT molecular complexity index is 205. The zero-order valence-electron chi connectivity index (χ0n) is 5.89. The molecule has 0 radical (unpaired) electrons. The van der Waals surface area contributed by atoms with Crippen LogP contribution in [-0.4, -0.2) is 41.5 Å². The van der Waals surface area contributed by atoms with Crippen molar-refractivity contribution >= 4 is 10.1 Å².